The lowest BCUT2D eigenvalue weighted by molar-refractivity contribution is -0.697. The summed E-state index contributed by atoms with van der Waals surface area (Å²) in [7, 11) is 0. The smallest absolute Gasteiger partial charge is 0.169 e. The zero-order chi connectivity index (χ0) is 11.6. The first-order chi connectivity index (χ1) is 7.83. The van der Waals surface area contributed by atoms with Gasteiger partial charge in [-0.1, -0.05) is 39.0 Å². The fourth-order valence-electron chi connectivity index (χ4n) is 1.93. The number of nitrogens with zero attached hydrogens (tertiary/aromatic N) is 1. The molecule has 98 valence electrons. The molecule has 0 atom stereocenters. The van der Waals surface area contributed by atoms with E-state index in [2.05, 4.69) is 42.9 Å². The highest BCUT2D eigenvalue weighted by molar-refractivity contribution is 5.03. The summed E-state index contributed by atoms with van der Waals surface area (Å²) in [6.07, 6.45) is 14.1. The summed E-state index contributed by atoms with van der Waals surface area (Å²) in [5, 5.41) is 0. The van der Waals surface area contributed by atoms with Crippen molar-refractivity contribution >= 4 is 0 Å². The molecule has 2 heteroatoms. The number of hydrogen-bond donors (Lipinski definition) is 0. The molecule has 1 aromatic rings. The van der Waals surface area contributed by atoms with Crippen LogP contribution in [-0.4, -0.2) is 0 Å². The molecule has 0 fully saturated rings. The van der Waals surface area contributed by atoms with Gasteiger partial charge in [0.1, 0.15) is 6.54 Å². The Morgan fingerprint density at radius 1 is 0.882 bits per heavy atom. The maximum Gasteiger partial charge on any atom is 0.169 e. The minimum Gasteiger partial charge on any atom is -1.00 e. The maximum atomic E-state index is 2.29. The number of halogens is 1. The molecule has 0 saturated heterocycles. The first-order valence-electron chi connectivity index (χ1n) is 6.78. The predicted molar refractivity (Wildman–Crippen MR) is 69.4 cm³/mol. The van der Waals surface area contributed by atoms with Crippen LogP contribution in [0.1, 0.15) is 57.4 Å². The molecule has 0 radical (unpaired) electrons. The highest BCUT2D eigenvalue weighted by Gasteiger charge is 1.98. The van der Waals surface area contributed by atoms with Gasteiger partial charge in [0.2, 0.25) is 0 Å². The fraction of sp³-hybridized carbons (Fsp3) is 0.667. The average Bonchev–Trinajstić information content (AvgIpc) is 2.30. The predicted octanol–water partition coefficient (Wildman–Crippen LogP) is 1.04. The Hall–Kier alpha value is -0.120. The van der Waals surface area contributed by atoms with E-state index in [4.69, 9.17) is 0 Å². The molecule has 0 amide bonds. The molecule has 17 heavy (non-hydrogen) atoms. The third-order valence-electron chi connectivity index (χ3n) is 3.08. The lowest BCUT2D eigenvalue weighted by atomic mass is 10.1. The second kappa shape index (κ2) is 11.0. The van der Waals surface area contributed by atoms with Crippen LogP contribution in [0.4, 0.5) is 0 Å². The Labute approximate surface area is 124 Å². The van der Waals surface area contributed by atoms with Crippen LogP contribution in [0.15, 0.2) is 24.5 Å². The van der Waals surface area contributed by atoms with E-state index in [0.29, 0.717) is 0 Å². The van der Waals surface area contributed by atoms with Gasteiger partial charge in [0.05, 0.1) is 0 Å². The van der Waals surface area contributed by atoms with Crippen LogP contribution in [0, 0.1) is 6.92 Å². The summed E-state index contributed by atoms with van der Waals surface area (Å²) in [6.45, 7) is 5.58. The number of rotatable bonds is 8. The number of hydrogen-bond acceptors (Lipinski definition) is 0. The SMILES string of the molecule is CCCCCCCCC[n+]1ccc(C)cc1.[I-]. The number of unbranched alkanes of at least 4 members (excludes halogenated alkanes) is 6. The Balaban J connectivity index is 0.00000256. The highest BCUT2D eigenvalue weighted by Crippen LogP contribution is 2.06. The largest absolute Gasteiger partial charge is 1.00 e. The lowest BCUT2D eigenvalue weighted by Crippen LogP contribution is -3.00. The summed E-state index contributed by atoms with van der Waals surface area (Å²) in [5.41, 5.74) is 1.34. The van der Waals surface area contributed by atoms with Gasteiger partial charge >= 0.3 is 0 Å². The first kappa shape index (κ1) is 16.9. The monoisotopic (exact) mass is 347 g/mol. The van der Waals surface area contributed by atoms with Crippen molar-refractivity contribution in [3.63, 3.8) is 0 Å². The van der Waals surface area contributed by atoms with Crippen LogP contribution in [0.5, 0.6) is 0 Å². The van der Waals surface area contributed by atoms with Gasteiger partial charge in [-0.15, -0.1) is 0 Å². The van der Waals surface area contributed by atoms with E-state index in [-0.39, 0.29) is 24.0 Å². The Morgan fingerprint density at radius 3 is 2.00 bits per heavy atom. The second-order valence-electron chi connectivity index (χ2n) is 4.73. The molecule has 0 bridgehead atoms. The van der Waals surface area contributed by atoms with Gasteiger partial charge in [0.15, 0.2) is 12.4 Å². The van der Waals surface area contributed by atoms with E-state index in [1.165, 1.54) is 57.1 Å². The van der Waals surface area contributed by atoms with Crippen molar-refractivity contribution in [2.45, 2.75) is 65.3 Å². The molecule has 1 rings (SSSR count). The third kappa shape index (κ3) is 8.58. The summed E-state index contributed by atoms with van der Waals surface area (Å²) < 4.78 is 2.29. The second-order valence-corrected chi connectivity index (χ2v) is 4.73. The van der Waals surface area contributed by atoms with Crippen molar-refractivity contribution in [3.05, 3.63) is 30.1 Å². The molecule has 0 aliphatic heterocycles. The molecule has 0 saturated carbocycles. The summed E-state index contributed by atoms with van der Waals surface area (Å²) >= 11 is 0. The minimum absolute atomic E-state index is 0. The molecule has 0 aliphatic carbocycles. The van der Waals surface area contributed by atoms with Crippen LogP contribution in [0.25, 0.3) is 0 Å². The topological polar surface area (TPSA) is 3.88 Å². The molecule has 0 aliphatic rings. The standard InChI is InChI=1S/C15H26N.HI/c1-3-4-5-6-7-8-9-12-16-13-10-15(2)11-14-16;/h10-11,13-14H,3-9,12H2,1-2H3;1H/q+1;/p-1. The maximum absolute atomic E-state index is 2.29. The van der Waals surface area contributed by atoms with Gasteiger partial charge in [0, 0.05) is 18.6 Å². The van der Waals surface area contributed by atoms with Crippen molar-refractivity contribution < 1.29 is 28.5 Å². The third-order valence-corrected chi connectivity index (χ3v) is 3.08. The molecule has 1 nitrogen and oxygen atoms in total. The van der Waals surface area contributed by atoms with Gasteiger partial charge < -0.3 is 24.0 Å². The number of aromatic nitrogens is 1. The molecular formula is C15H26IN. The van der Waals surface area contributed by atoms with Crippen molar-refractivity contribution in [1.29, 1.82) is 0 Å². The molecular weight excluding hydrogens is 321 g/mol. The summed E-state index contributed by atoms with van der Waals surface area (Å²) in [5.74, 6) is 0. The minimum atomic E-state index is 0. The first-order valence-corrected chi connectivity index (χ1v) is 6.78. The molecule has 0 unspecified atom stereocenters. The van der Waals surface area contributed by atoms with Gasteiger partial charge in [-0.2, -0.15) is 0 Å². The van der Waals surface area contributed by atoms with Gasteiger partial charge in [-0.3, -0.25) is 0 Å². The number of pyridine rings is 1. The zero-order valence-electron chi connectivity index (χ0n) is 11.3. The van der Waals surface area contributed by atoms with Crippen LogP contribution in [0.2, 0.25) is 0 Å². The summed E-state index contributed by atoms with van der Waals surface area (Å²) in [6, 6.07) is 4.36. The Kier molecular flexibility index (Phi) is 10.9. The highest BCUT2D eigenvalue weighted by atomic mass is 127. The van der Waals surface area contributed by atoms with E-state index in [9.17, 15) is 0 Å². The average molecular weight is 347 g/mol. The van der Waals surface area contributed by atoms with E-state index in [1.807, 2.05) is 0 Å². The van der Waals surface area contributed by atoms with Gasteiger partial charge in [0.25, 0.3) is 0 Å². The molecule has 0 aromatic carbocycles. The van der Waals surface area contributed by atoms with Gasteiger partial charge in [-0.05, 0) is 18.9 Å². The van der Waals surface area contributed by atoms with E-state index < -0.39 is 0 Å². The van der Waals surface area contributed by atoms with Gasteiger partial charge in [-0.25, -0.2) is 4.57 Å². The van der Waals surface area contributed by atoms with E-state index in [1.54, 1.807) is 0 Å². The number of aryl methyl sites for hydroxylation is 2. The fourth-order valence-corrected chi connectivity index (χ4v) is 1.93. The zero-order valence-corrected chi connectivity index (χ0v) is 13.4. The van der Waals surface area contributed by atoms with Crippen molar-refractivity contribution in [1.82, 2.24) is 0 Å². The Morgan fingerprint density at radius 2 is 1.41 bits per heavy atom. The van der Waals surface area contributed by atoms with Crippen LogP contribution < -0.4 is 28.5 Å². The lowest BCUT2D eigenvalue weighted by Gasteiger charge is -1.99. The molecule has 0 N–H and O–H groups in total. The van der Waals surface area contributed by atoms with Crippen LogP contribution in [0.3, 0.4) is 0 Å². The van der Waals surface area contributed by atoms with Crippen LogP contribution in [-0.2, 0) is 6.54 Å². The normalized spacial score (nSPS) is 10.0. The van der Waals surface area contributed by atoms with E-state index in [0.717, 1.165) is 0 Å². The summed E-state index contributed by atoms with van der Waals surface area (Å²) in [4.78, 5) is 0. The Bertz CT molecular complexity index is 269. The van der Waals surface area contributed by atoms with Crippen molar-refractivity contribution in [2.24, 2.45) is 0 Å². The van der Waals surface area contributed by atoms with Crippen LogP contribution >= 0.6 is 0 Å². The van der Waals surface area contributed by atoms with Crippen molar-refractivity contribution in [2.75, 3.05) is 0 Å². The molecule has 1 aromatic heterocycles. The molecule has 1 heterocycles. The quantitative estimate of drug-likeness (QED) is 0.376. The molecule has 0 spiro atoms. The van der Waals surface area contributed by atoms with Crippen molar-refractivity contribution in [3.8, 4) is 0 Å². The van der Waals surface area contributed by atoms with E-state index >= 15 is 0 Å².